The fraction of sp³-hybridized carbons (Fsp3) is 0.545. The lowest BCUT2D eigenvalue weighted by Crippen LogP contribution is -2.41. The van der Waals surface area contributed by atoms with Crippen LogP contribution in [0.4, 0.5) is 9.59 Å². The van der Waals surface area contributed by atoms with Crippen molar-refractivity contribution in [3.05, 3.63) is 59.7 Å². The molecule has 13 heteroatoms. The van der Waals surface area contributed by atoms with Gasteiger partial charge >= 0.3 is 18.2 Å². The first-order valence-electron chi connectivity index (χ1n) is 15.4. The number of carboxylic acids is 1. The summed E-state index contributed by atoms with van der Waals surface area (Å²) in [5, 5.41) is 11.4. The first-order valence-corrected chi connectivity index (χ1v) is 17.9. The minimum atomic E-state index is -0.792. The topological polar surface area (TPSA) is 133 Å². The van der Waals surface area contributed by atoms with E-state index in [9.17, 15) is 14.4 Å². The number of benzene rings is 2. The average molecular weight is 679 g/mol. The Bertz CT molecular complexity index is 1200. The molecule has 0 atom stereocenters. The number of fused-ring (bicyclic) bond motifs is 3. The molecular formula is C33H46N2O9S2. The van der Waals surface area contributed by atoms with Crippen LogP contribution in [0.15, 0.2) is 48.5 Å². The zero-order valence-corrected chi connectivity index (χ0v) is 28.5. The molecule has 11 nitrogen and oxygen atoms in total. The van der Waals surface area contributed by atoms with E-state index < -0.39 is 23.8 Å². The number of carbonyl (C=O) groups excluding carboxylic acids is 2. The van der Waals surface area contributed by atoms with Crippen molar-refractivity contribution in [2.24, 2.45) is 0 Å². The highest BCUT2D eigenvalue weighted by atomic mass is 33.1. The molecule has 0 bridgehead atoms. The molecule has 0 unspecified atom stereocenters. The monoisotopic (exact) mass is 678 g/mol. The van der Waals surface area contributed by atoms with Gasteiger partial charge in [0.1, 0.15) is 12.2 Å². The van der Waals surface area contributed by atoms with Gasteiger partial charge in [0.05, 0.1) is 46.1 Å². The lowest BCUT2D eigenvalue weighted by Gasteiger charge is -2.27. The van der Waals surface area contributed by atoms with Gasteiger partial charge in [-0.1, -0.05) is 70.1 Å². The maximum atomic E-state index is 12.7. The first-order chi connectivity index (χ1) is 22.2. The maximum absolute atomic E-state index is 12.7. The van der Waals surface area contributed by atoms with Crippen molar-refractivity contribution >= 4 is 39.7 Å². The maximum Gasteiger partial charge on any atom is 0.410 e. The van der Waals surface area contributed by atoms with Gasteiger partial charge in [0, 0.05) is 37.1 Å². The van der Waals surface area contributed by atoms with Gasteiger partial charge < -0.3 is 39.0 Å². The van der Waals surface area contributed by atoms with Gasteiger partial charge in [0.25, 0.3) is 0 Å². The Balaban J connectivity index is 1.27. The van der Waals surface area contributed by atoms with E-state index in [1.807, 2.05) is 45.0 Å². The van der Waals surface area contributed by atoms with E-state index in [4.69, 9.17) is 28.8 Å². The van der Waals surface area contributed by atoms with Crippen molar-refractivity contribution in [2.45, 2.75) is 38.7 Å². The van der Waals surface area contributed by atoms with Crippen molar-refractivity contribution in [3.8, 4) is 11.1 Å². The number of alkyl carbamates (subject to hydrolysis) is 1. The molecule has 2 N–H and O–H groups in total. The SMILES string of the molecule is CC(C)(C)OC(=O)N(CCOCCNC(=O)OCC1c2ccccc2-c2ccccc21)CCOCCOCCSSCCC(=O)O. The Morgan fingerprint density at radius 2 is 1.37 bits per heavy atom. The molecule has 0 saturated heterocycles. The Hall–Kier alpha value is -2.97. The summed E-state index contributed by atoms with van der Waals surface area (Å²) in [4.78, 5) is 37.1. The van der Waals surface area contributed by atoms with Crippen LogP contribution < -0.4 is 5.32 Å². The fourth-order valence-corrected chi connectivity index (χ4v) is 6.45. The summed E-state index contributed by atoms with van der Waals surface area (Å²) in [7, 11) is 3.10. The number of aliphatic carboxylic acids is 1. The molecule has 1 aliphatic carbocycles. The molecular weight excluding hydrogens is 633 g/mol. The highest BCUT2D eigenvalue weighted by molar-refractivity contribution is 8.76. The van der Waals surface area contributed by atoms with Gasteiger partial charge in [-0.25, -0.2) is 9.59 Å². The van der Waals surface area contributed by atoms with Gasteiger partial charge in [0.15, 0.2) is 0 Å². The van der Waals surface area contributed by atoms with Crippen molar-refractivity contribution in [1.82, 2.24) is 10.2 Å². The standard InChI is InChI=1S/C33H46N2O9S2/c1-33(2,3)44-32(39)35(15-18-41-19-20-42-21-23-46-45-22-12-30(36)37)14-17-40-16-13-34-31(38)43-24-29-27-10-6-4-8-25(27)26-9-5-7-11-28(26)29/h4-11,29H,12-24H2,1-3H3,(H,34,38)(H,36,37). The molecule has 0 heterocycles. The molecule has 0 saturated carbocycles. The van der Waals surface area contributed by atoms with E-state index in [-0.39, 0.29) is 38.7 Å². The highest BCUT2D eigenvalue weighted by Gasteiger charge is 2.29. The quantitative estimate of drug-likeness (QED) is 0.125. The normalized spacial score (nSPS) is 12.3. The summed E-state index contributed by atoms with van der Waals surface area (Å²) in [6, 6.07) is 16.4. The number of hydrogen-bond acceptors (Lipinski definition) is 10. The largest absolute Gasteiger partial charge is 0.481 e. The van der Waals surface area contributed by atoms with E-state index in [1.54, 1.807) is 10.8 Å². The van der Waals surface area contributed by atoms with E-state index in [0.29, 0.717) is 45.3 Å². The van der Waals surface area contributed by atoms with Gasteiger partial charge in [0.2, 0.25) is 0 Å². The Morgan fingerprint density at radius 3 is 1.98 bits per heavy atom. The number of carboxylic acid groups (broad SMARTS) is 1. The molecule has 2 amide bonds. The van der Waals surface area contributed by atoms with Crippen LogP contribution in [0.5, 0.6) is 0 Å². The lowest BCUT2D eigenvalue weighted by atomic mass is 9.98. The second-order valence-electron chi connectivity index (χ2n) is 11.3. The molecule has 0 aliphatic heterocycles. The van der Waals surface area contributed by atoms with Crippen molar-refractivity contribution in [3.63, 3.8) is 0 Å². The van der Waals surface area contributed by atoms with Crippen LogP contribution in [0, 0.1) is 0 Å². The predicted molar refractivity (Wildman–Crippen MR) is 181 cm³/mol. The van der Waals surface area contributed by atoms with Crippen LogP contribution in [0.25, 0.3) is 11.1 Å². The molecule has 2 aromatic rings. The number of carbonyl (C=O) groups is 3. The number of ether oxygens (including phenoxy) is 5. The molecule has 46 heavy (non-hydrogen) atoms. The van der Waals surface area contributed by atoms with Gasteiger partial charge in [-0.15, -0.1) is 0 Å². The second-order valence-corrected chi connectivity index (χ2v) is 14.0. The fourth-order valence-electron chi connectivity index (χ4n) is 4.61. The van der Waals surface area contributed by atoms with Crippen LogP contribution in [-0.2, 0) is 28.5 Å². The van der Waals surface area contributed by atoms with Gasteiger partial charge in [-0.05, 0) is 43.0 Å². The first kappa shape index (κ1) is 37.5. The zero-order valence-electron chi connectivity index (χ0n) is 26.9. The van der Waals surface area contributed by atoms with Crippen molar-refractivity contribution in [1.29, 1.82) is 0 Å². The summed E-state index contributed by atoms with van der Waals surface area (Å²) in [5.41, 5.74) is 4.03. The van der Waals surface area contributed by atoms with Crippen LogP contribution in [-0.4, -0.2) is 111 Å². The van der Waals surface area contributed by atoms with Crippen LogP contribution >= 0.6 is 21.6 Å². The van der Waals surface area contributed by atoms with Crippen LogP contribution in [0.1, 0.15) is 44.2 Å². The highest BCUT2D eigenvalue weighted by Crippen LogP contribution is 2.44. The number of amides is 2. The van der Waals surface area contributed by atoms with Crippen molar-refractivity contribution in [2.75, 3.05) is 77.4 Å². The van der Waals surface area contributed by atoms with E-state index in [2.05, 4.69) is 29.6 Å². The lowest BCUT2D eigenvalue weighted by molar-refractivity contribution is -0.136. The summed E-state index contributed by atoms with van der Waals surface area (Å²) >= 11 is 0. The van der Waals surface area contributed by atoms with Crippen LogP contribution in [0.2, 0.25) is 0 Å². The molecule has 2 aromatic carbocycles. The summed E-state index contributed by atoms with van der Waals surface area (Å²) in [5.74, 6) is 0.536. The third-order valence-electron chi connectivity index (χ3n) is 6.69. The summed E-state index contributed by atoms with van der Waals surface area (Å²) in [6.45, 7) is 8.76. The second kappa shape index (κ2) is 20.3. The molecule has 0 spiro atoms. The summed E-state index contributed by atoms with van der Waals surface area (Å²) < 4.78 is 27.9. The molecule has 0 aromatic heterocycles. The third kappa shape index (κ3) is 13.8. The number of nitrogens with one attached hydrogen (secondary N) is 1. The molecule has 0 radical (unpaired) electrons. The Labute approximate surface area is 279 Å². The minimum absolute atomic E-state index is 0.00360. The van der Waals surface area contributed by atoms with Crippen LogP contribution in [0.3, 0.4) is 0 Å². The van der Waals surface area contributed by atoms with E-state index in [1.165, 1.54) is 26.8 Å². The van der Waals surface area contributed by atoms with Crippen molar-refractivity contribution < 1.29 is 43.2 Å². The number of hydrogen-bond donors (Lipinski definition) is 2. The molecule has 0 fully saturated rings. The zero-order chi connectivity index (χ0) is 33.2. The molecule has 3 rings (SSSR count). The molecule has 1 aliphatic rings. The summed E-state index contributed by atoms with van der Waals surface area (Å²) in [6.07, 6.45) is -0.805. The third-order valence-corrected chi connectivity index (χ3v) is 9.06. The van der Waals surface area contributed by atoms with E-state index >= 15 is 0 Å². The van der Waals surface area contributed by atoms with Gasteiger partial charge in [-0.3, -0.25) is 4.79 Å². The predicted octanol–water partition coefficient (Wildman–Crippen LogP) is 5.67. The van der Waals surface area contributed by atoms with Gasteiger partial charge in [-0.2, -0.15) is 0 Å². The smallest absolute Gasteiger partial charge is 0.410 e. The van der Waals surface area contributed by atoms with E-state index in [0.717, 1.165) is 16.9 Å². The minimum Gasteiger partial charge on any atom is -0.481 e. The Kier molecular flexibility index (Phi) is 16.5. The Morgan fingerprint density at radius 1 is 0.804 bits per heavy atom. The molecule has 254 valence electrons. The average Bonchev–Trinajstić information content (AvgIpc) is 3.33. The number of rotatable bonds is 21. The number of nitrogens with zero attached hydrogens (tertiary/aromatic N) is 1.